The van der Waals surface area contributed by atoms with Crippen LogP contribution in [-0.2, 0) is 0 Å². The maximum absolute atomic E-state index is 5.59. The Bertz CT molecular complexity index is 39.0. The molecule has 0 bridgehead atoms. The fraction of sp³-hybridized carbons (Fsp3) is 1.00. The first kappa shape index (κ1) is 7.99. The molecular weight excluding hydrogens is 148 g/mol. The van der Waals surface area contributed by atoms with Crippen molar-refractivity contribution < 1.29 is 0 Å². The smallest absolute Gasteiger partial charge is 0.0771 e. The molecule has 0 rings (SSSR count). The molecule has 0 nitrogen and oxygen atoms in total. The zero-order valence-corrected chi connectivity index (χ0v) is 6.85. The molecule has 0 aromatic rings. The molecule has 3 heteroatoms. The van der Waals surface area contributed by atoms with Crippen LogP contribution in [0.3, 0.4) is 0 Å². The lowest BCUT2D eigenvalue weighted by Crippen LogP contribution is -1.88. The first-order valence-electron chi connectivity index (χ1n) is 2.10. The summed E-state index contributed by atoms with van der Waals surface area (Å²) < 4.78 is 0.542. The van der Waals surface area contributed by atoms with Gasteiger partial charge in [0.15, 0.2) is 0 Å². The molecule has 0 aliphatic heterocycles. The molecule has 0 spiro atoms. The van der Waals surface area contributed by atoms with Crippen molar-refractivity contribution in [3.63, 3.8) is 0 Å². The van der Waals surface area contributed by atoms with E-state index in [9.17, 15) is 0 Å². The Hall–Kier alpha value is 0.990. The minimum absolute atomic E-state index is 0.188. The van der Waals surface area contributed by atoms with Gasteiger partial charge in [-0.15, -0.1) is 23.4 Å². The second-order valence-electron chi connectivity index (χ2n) is 1.28. The Morgan fingerprint density at radius 3 is 2.00 bits per heavy atom. The molecule has 0 N–H and O–H groups in total. The highest BCUT2D eigenvalue weighted by Gasteiger charge is 1.98. The van der Waals surface area contributed by atoms with Gasteiger partial charge in [-0.2, -0.15) is 12.6 Å². The maximum atomic E-state index is 5.59. The zero-order valence-electron chi connectivity index (χ0n) is 4.39. The largest absolute Gasteiger partial charge is 0.165 e. The molecule has 44 valence electrons. The molecule has 7 heavy (non-hydrogen) atoms. The van der Waals surface area contributed by atoms with Crippen LogP contribution < -0.4 is 0 Å². The molecule has 0 fully saturated rings. The molecule has 0 saturated heterocycles. The quantitative estimate of drug-likeness (QED) is 0.364. The molecule has 0 aromatic carbocycles. The van der Waals surface area contributed by atoms with Crippen molar-refractivity contribution in [2.45, 2.75) is 23.1 Å². The van der Waals surface area contributed by atoms with Gasteiger partial charge in [0.2, 0.25) is 0 Å². The zero-order chi connectivity index (χ0) is 5.86. The molecule has 0 saturated carbocycles. The van der Waals surface area contributed by atoms with Crippen molar-refractivity contribution in [3.8, 4) is 0 Å². The third kappa shape index (κ3) is 6.99. The van der Waals surface area contributed by atoms with E-state index in [2.05, 4.69) is 12.6 Å². The van der Waals surface area contributed by atoms with Gasteiger partial charge in [0.05, 0.1) is 4.71 Å². The minimum atomic E-state index is 0.188. The lowest BCUT2D eigenvalue weighted by molar-refractivity contribution is 1.35. The fourth-order valence-corrected chi connectivity index (χ4v) is 2.04. The summed E-state index contributed by atoms with van der Waals surface area (Å²) in [6, 6.07) is 0. The molecule has 2 unspecified atom stereocenters. The molecule has 0 aliphatic rings. The van der Waals surface area contributed by atoms with Crippen LogP contribution in [-0.4, -0.2) is 9.29 Å². The van der Waals surface area contributed by atoms with E-state index in [4.69, 9.17) is 11.6 Å². The van der Waals surface area contributed by atoms with Crippen molar-refractivity contribution in [1.29, 1.82) is 0 Å². The average Bonchev–Trinajstić information content (AvgIpc) is 1.27. The minimum Gasteiger partial charge on any atom is -0.165 e. The van der Waals surface area contributed by atoms with Gasteiger partial charge in [-0.05, 0) is 13.8 Å². The van der Waals surface area contributed by atoms with Crippen LogP contribution in [0, 0.1) is 0 Å². The van der Waals surface area contributed by atoms with Gasteiger partial charge in [-0.25, -0.2) is 0 Å². The van der Waals surface area contributed by atoms with E-state index in [-0.39, 0.29) is 4.71 Å². The molecule has 0 heterocycles. The summed E-state index contributed by atoms with van der Waals surface area (Å²) >= 11 is 11.3. The van der Waals surface area contributed by atoms with Gasteiger partial charge < -0.3 is 0 Å². The van der Waals surface area contributed by atoms with E-state index in [1.54, 1.807) is 11.8 Å². The van der Waals surface area contributed by atoms with E-state index < -0.39 is 0 Å². The van der Waals surface area contributed by atoms with Crippen molar-refractivity contribution in [1.82, 2.24) is 0 Å². The van der Waals surface area contributed by atoms with E-state index in [0.717, 1.165) is 0 Å². The highest BCUT2D eigenvalue weighted by Crippen LogP contribution is 2.21. The number of hydrogen-bond acceptors (Lipinski definition) is 2. The summed E-state index contributed by atoms with van der Waals surface area (Å²) in [5.74, 6) is 0. The van der Waals surface area contributed by atoms with Gasteiger partial charge in [0.25, 0.3) is 0 Å². The standard InChI is InChI=1S/C4H9ClS2/c1-3(5)7-4(2)6/h3-4,6H,1-2H3. The molecule has 0 amide bonds. The summed E-state index contributed by atoms with van der Waals surface area (Å²) in [5.41, 5.74) is 0. The van der Waals surface area contributed by atoms with E-state index in [1.165, 1.54) is 0 Å². The van der Waals surface area contributed by atoms with Crippen molar-refractivity contribution in [3.05, 3.63) is 0 Å². The Morgan fingerprint density at radius 1 is 1.57 bits per heavy atom. The fourth-order valence-electron chi connectivity index (χ4n) is 0.271. The first-order valence-corrected chi connectivity index (χ1v) is 4.00. The van der Waals surface area contributed by atoms with Crippen molar-refractivity contribution in [2.75, 3.05) is 0 Å². The van der Waals surface area contributed by atoms with Gasteiger partial charge in [0.1, 0.15) is 0 Å². The molecule has 0 radical (unpaired) electrons. The highest BCUT2D eigenvalue weighted by atomic mass is 35.5. The van der Waals surface area contributed by atoms with Crippen molar-refractivity contribution in [2.24, 2.45) is 0 Å². The maximum Gasteiger partial charge on any atom is 0.0771 e. The number of hydrogen-bond donors (Lipinski definition) is 1. The summed E-state index contributed by atoms with van der Waals surface area (Å²) in [6.07, 6.45) is 0. The third-order valence-corrected chi connectivity index (χ3v) is 1.83. The SMILES string of the molecule is CC(S)SC(C)Cl. The van der Waals surface area contributed by atoms with Gasteiger partial charge >= 0.3 is 0 Å². The van der Waals surface area contributed by atoms with Crippen LogP contribution in [0.15, 0.2) is 0 Å². The van der Waals surface area contributed by atoms with Crippen LogP contribution in [0.4, 0.5) is 0 Å². The van der Waals surface area contributed by atoms with E-state index in [1.807, 2.05) is 13.8 Å². The second kappa shape index (κ2) is 3.93. The monoisotopic (exact) mass is 156 g/mol. The lowest BCUT2D eigenvalue weighted by Gasteiger charge is -2.03. The number of thiol groups is 1. The summed E-state index contributed by atoms with van der Waals surface area (Å²) in [5, 5.41) is 0. The predicted octanol–water partition coefficient (Wildman–Crippen LogP) is 2.58. The number of alkyl halides is 1. The number of rotatable bonds is 2. The Labute approximate surface area is 59.4 Å². The summed E-state index contributed by atoms with van der Waals surface area (Å²) in [4.78, 5) is 0. The first-order chi connectivity index (χ1) is 3.13. The molecular formula is C4H9ClS2. The number of thioether (sulfide) groups is 1. The highest BCUT2D eigenvalue weighted by molar-refractivity contribution is 8.11. The van der Waals surface area contributed by atoms with Gasteiger partial charge in [0, 0.05) is 4.58 Å². The lowest BCUT2D eigenvalue weighted by atomic mass is 10.9. The molecule has 2 atom stereocenters. The second-order valence-corrected chi connectivity index (χ2v) is 5.00. The van der Waals surface area contributed by atoms with Crippen LogP contribution >= 0.6 is 36.0 Å². The molecule has 0 aromatic heterocycles. The van der Waals surface area contributed by atoms with Gasteiger partial charge in [-0.3, -0.25) is 0 Å². The number of halogens is 1. The van der Waals surface area contributed by atoms with E-state index in [0.29, 0.717) is 4.58 Å². The summed E-state index contributed by atoms with van der Waals surface area (Å²) in [6.45, 7) is 3.95. The topological polar surface area (TPSA) is 0 Å². The Morgan fingerprint density at radius 2 is 2.00 bits per heavy atom. The normalized spacial score (nSPS) is 18.9. The van der Waals surface area contributed by atoms with E-state index >= 15 is 0 Å². The summed E-state index contributed by atoms with van der Waals surface area (Å²) in [7, 11) is 0. The Kier molecular flexibility index (Phi) is 4.48. The van der Waals surface area contributed by atoms with Crippen LogP contribution in [0.25, 0.3) is 0 Å². The van der Waals surface area contributed by atoms with Crippen LogP contribution in [0.1, 0.15) is 13.8 Å². The molecule has 0 aliphatic carbocycles. The predicted molar refractivity (Wildman–Crippen MR) is 41.4 cm³/mol. The van der Waals surface area contributed by atoms with Crippen LogP contribution in [0.2, 0.25) is 0 Å². The Balaban J connectivity index is 2.95. The third-order valence-electron chi connectivity index (χ3n) is 0.384. The van der Waals surface area contributed by atoms with Crippen LogP contribution in [0.5, 0.6) is 0 Å². The van der Waals surface area contributed by atoms with Gasteiger partial charge in [-0.1, -0.05) is 0 Å². The van der Waals surface area contributed by atoms with Crippen molar-refractivity contribution >= 4 is 36.0 Å². The average molecular weight is 157 g/mol.